The van der Waals surface area contributed by atoms with E-state index in [0.717, 1.165) is 19.5 Å². The van der Waals surface area contributed by atoms with E-state index in [9.17, 15) is 9.90 Å². The van der Waals surface area contributed by atoms with Gasteiger partial charge >= 0.3 is 5.97 Å². The number of likely N-dealkylation sites (tertiary alicyclic amines) is 1. The largest absolute Gasteiger partial charge is 0.467 e. The van der Waals surface area contributed by atoms with Crippen molar-refractivity contribution < 1.29 is 14.6 Å². The summed E-state index contributed by atoms with van der Waals surface area (Å²) in [6.07, 6.45) is 1.04. The smallest absolute Gasteiger partial charge is 0.338 e. The number of aliphatic hydroxyl groups is 1. The molecular formula is C10H20N2O3. The van der Waals surface area contributed by atoms with E-state index in [4.69, 9.17) is 5.73 Å². The number of hydrogen-bond donors (Lipinski definition) is 2. The standard InChI is InChI=1S/C10H20N2O3/c1-10(14,9(13)15-2)7-12-4-3-8(5-11)6-12/h8,14H,3-7,11H2,1-2H3. The summed E-state index contributed by atoms with van der Waals surface area (Å²) >= 11 is 0. The highest BCUT2D eigenvalue weighted by molar-refractivity contribution is 5.78. The SMILES string of the molecule is COC(=O)C(C)(O)CN1CCC(CN)C1. The van der Waals surface area contributed by atoms with Crippen LogP contribution in [0.25, 0.3) is 0 Å². The lowest BCUT2D eigenvalue weighted by atomic mass is 10.1. The monoisotopic (exact) mass is 216 g/mol. The van der Waals surface area contributed by atoms with Crippen molar-refractivity contribution in [1.82, 2.24) is 4.90 Å². The molecule has 0 saturated carbocycles. The molecule has 0 aromatic heterocycles. The molecule has 0 aliphatic carbocycles. The van der Waals surface area contributed by atoms with Crippen molar-refractivity contribution in [1.29, 1.82) is 0 Å². The molecule has 1 aliphatic rings. The maximum absolute atomic E-state index is 11.2. The second-order valence-electron chi connectivity index (χ2n) is 4.39. The lowest BCUT2D eigenvalue weighted by Crippen LogP contribution is -2.46. The first kappa shape index (κ1) is 12.4. The van der Waals surface area contributed by atoms with Gasteiger partial charge in [-0.2, -0.15) is 0 Å². The molecule has 1 heterocycles. The third kappa shape index (κ3) is 3.15. The van der Waals surface area contributed by atoms with Gasteiger partial charge < -0.3 is 15.6 Å². The summed E-state index contributed by atoms with van der Waals surface area (Å²) in [5.41, 5.74) is 4.15. The second-order valence-corrected chi connectivity index (χ2v) is 4.39. The van der Waals surface area contributed by atoms with Crippen molar-refractivity contribution in [3.8, 4) is 0 Å². The zero-order valence-corrected chi connectivity index (χ0v) is 9.40. The maximum atomic E-state index is 11.2. The van der Waals surface area contributed by atoms with Crippen LogP contribution in [0.15, 0.2) is 0 Å². The van der Waals surface area contributed by atoms with Crippen LogP contribution in [0.5, 0.6) is 0 Å². The number of β-amino-alcohol motifs (C(OH)–C–C–N with tert-alkyl or cyclic N) is 1. The highest BCUT2D eigenvalue weighted by Gasteiger charge is 2.35. The highest BCUT2D eigenvalue weighted by Crippen LogP contribution is 2.18. The van der Waals surface area contributed by atoms with E-state index in [1.165, 1.54) is 14.0 Å². The molecular weight excluding hydrogens is 196 g/mol. The van der Waals surface area contributed by atoms with E-state index in [2.05, 4.69) is 9.64 Å². The second kappa shape index (κ2) is 4.92. The molecule has 0 amide bonds. The van der Waals surface area contributed by atoms with Gasteiger partial charge in [-0.15, -0.1) is 0 Å². The topological polar surface area (TPSA) is 75.8 Å². The summed E-state index contributed by atoms with van der Waals surface area (Å²) in [7, 11) is 1.28. The Morgan fingerprint density at radius 3 is 2.87 bits per heavy atom. The number of carbonyl (C=O) groups is 1. The average molecular weight is 216 g/mol. The van der Waals surface area contributed by atoms with Crippen molar-refractivity contribution in [3.63, 3.8) is 0 Å². The predicted molar refractivity (Wildman–Crippen MR) is 56.2 cm³/mol. The van der Waals surface area contributed by atoms with Gasteiger partial charge in [-0.1, -0.05) is 0 Å². The number of nitrogens with two attached hydrogens (primary N) is 1. The van der Waals surface area contributed by atoms with Crippen LogP contribution in [0, 0.1) is 5.92 Å². The summed E-state index contributed by atoms with van der Waals surface area (Å²) in [6.45, 7) is 4.19. The van der Waals surface area contributed by atoms with Crippen molar-refractivity contribution >= 4 is 5.97 Å². The van der Waals surface area contributed by atoms with Crippen LogP contribution in [0.1, 0.15) is 13.3 Å². The predicted octanol–water partition coefficient (Wildman–Crippen LogP) is -0.809. The van der Waals surface area contributed by atoms with E-state index in [0.29, 0.717) is 19.0 Å². The van der Waals surface area contributed by atoms with Crippen LogP contribution in [0.2, 0.25) is 0 Å². The zero-order valence-electron chi connectivity index (χ0n) is 9.40. The normalized spacial score (nSPS) is 26.3. The van der Waals surface area contributed by atoms with Gasteiger partial charge in [0.25, 0.3) is 0 Å². The minimum absolute atomic E-state index is 0.316. The third-order valence-corrected chi connectivity index (χ3v) is 2.86. The fraction of sp³-hybridized carbons (Fsp3) is 0.900. The molecule has 5 heteroatoms. The van der Waals surface area contributed by atoms with Crippen LogP contribution in [-0.2, 0) is 9.53 Å². The first-order valence-corrected chi connectivity index (χ1v) is 5.23. The summed E-state index contributed by atoms with van der Waals surface area (Å²) < 4.78 is 4.54. The van der Waals surface area contributed by atoms with E-state index in [-0.39, 0.29) is 0 Å². The Kier molecular flexibility index (Phi) is 4.07. The minimum Gasteiger partial charge on any atom is -0.467 e. The molecule has 0 aromatic rings. The van der Waals surface area contributed by atoms with Crippen LogP contribution >= 0.6 is 0 Å². The lowest BCUT2D eigenvalue weighted by molar-refractivity contribution is -0.162. The number of hydrogen-bond acceptors (Lipinski definition) is 5. The molecule has 0 bridgehead atoms. The first-order chi connectivity index (χ1) is 6.99. The number of nitrogens with zero attached hydrogens (tertiary/aromatic N) is 1. The van der Waals surface area contributed by atoms with Gasteiger partial charge in [0.1, 0.15) is 0 Å². The molecule has 0 aromatic carbocycles. The summed E-state index contributed by atoms with van der Waals surface area (Å²) in [5, 5.41) is 9.85. The summed E-state index contributed by atoms with van der Waals surface area (Å²) in [5.74, 6) is -0.0999. The van der Waals surface area contributed by atoms with E-state index >= 15 is 0 Å². The van der Waals surface area contributed by atoms with Gasteiger partial charge in [-0.05, 0) is 32.4 Å². The number of esters is 1. The Hall–Kier alpha value is -0.650. The van der Waals surface area contributed by atoms with Crippen molar-refractivity contribution in [2.75, 3.05) is 33.3 Å². The zero-order chi connectivity index (χ0) is 11.5. The Morgan fingerprint density at radius 1 is 1.73 bits per heavy atom. The Balaban J connectivity index is 2.45. The quantitative estimate of drug-likeness (QED) is 0.601. The Bertz CT molecular complexity index is 231. The first-order valence-electron chi connectivity index (χ1n) is 5.23. The highest BCUT2D eigenvalue weighted by atomic mass is 16.5. The van der Waals surface area contributed by atoms with E-state index < -0.39 is 11.6 Å². The van der Waals surface area contributed by atoms with Crippen molar-refractivity contribution in [2.45, 2.75) is 18.9 Å². The molecule has 1 rings (SSSR count). The van der Waals surface area contributed by atoms with Gasteiger partial charge in [0.2, 0.25) is 0 Å². The summed E-state index contributed by atoms with van der Waals surface area (Å²) in [4.78, 5) is 13.3. The fourth-order valence-electron chi connectivity index (χ4n) is 1.97. The van der Waals surface area contributed by atoms with Crippen LogP contribution < -0.4 is 5.73 Å². The molecule has 88 valence electrons. The fourth-order valence-corrected chi connectivity index (χ4v) is 1.97. The van der Waals surface area contributed by atoms with Gasteiger partial charge in [-0.25, -0.2) is 4.79 Å². The van der Waals surface area contributed by atoms with Crippen molar-refractivity contribution in [3.05, 3.63) is 0 Å². The van der Waals surface area contributed by atoms with Crippen molar-refractivity contribution in [2.24, 2.45) is 11.7 Å². The van der Waals surface area contributed by atoms with Crippen LogP contribution in [0.4, 0.5) is 0 Å². The minimum atomic E-state index is -1.42. The van der Waals surface area contributed by atoms with E-state index in [1.54, 1.807) is 0 Å². The number of carbonyl (C=O) groups excluding carboxylic acids is 1. The molecule has 5 nitrogen and oxygen atoms in total. The number of ether oxygens (including phenoxy) is 1. The van der Waals surface area contributed by atoms with Crippen LogP contribution in [-0.4, -0.2) is 54.9 Å². The molecule has 2 unspecified atom stereocenters. The molecule has 1 fully saturated rings. The van der Waals surface area contributed by atoms with Gasteiger partial charge in [0.15, 0.2) is 5.60 Å². The molecule has 1 aliphatic heterocycles. The maximum Gasteiger partial charge on any atom is 0.338 e. The number of rotatable bonds is 4. The molecule has 0 spiro atoms. The molecule has 0 radical (unpaired) electrons. The molecule has 2 atom stereocenters. The Labute approximate surface area is 90.2 Å². The number of methoxy groups -OCH3 is 1. The van der Waals surface area contributed by atoms with Crippen LogP contribution in [0.3, 0.4) is 0 Å². The molecule has 3 N–H and O–H groups in total. The average Bonchev–Trinajstić information content (AvgIpc) is 2.63. The molecule has 15 heavy (non-hydrogen) atoms. The summed E-state index contributed by atoms with van der Waals surface area (Å²) in [6, 6.07) is 0. The Morgan fingerprint density at radius 2 is 2.40 bits per heavy atom. The van der Waals surface area contributed by atoms with Gasteiger partial charge in [0, 0.05) is 13.1 Å². The van der Waals surface area contributed by atoms with E-state index in [1.807, 2.05) is 0 Å². The molecule has 1 saturated heterocycles. The van der Waals surface area contributed by atoms with Gasteiger partial charge in [-0.3, -0.25) is 4.90 Å². The third-order valence-electron chi connectivity index (χ3n) is 2.86. The van der Waals surface area contributed by atoms with Gasteiger partial charge in [0.05, 0.1) is 7.11 Å². The lowest BCUT2D eigenvalue weighted by Gasteiger charge is -2.26.